The Balaban J connectivity index is 2.66. The summed E-state index contributed by atoms with van der Waals surface area (Å²) in [5, 5.41) is 8.97. The smallest absolute Gasteiger partial charge is 0.191 e. The van der Waals surface area contributed by atoms with E-state index in [1.165, 1.54) is 0 Å². The summed E-state index contributed by atoms with van der Waals surface area (Å²) in [6.45, 7) is 10.4. The van der Waals surface area contributed by atoms with Gasteiger partial charge in [-0.15, -0.1) is 0 Å². The summed E-state index contributed by atoms with van der Waals surface area (Å²) in [5.74, 6) is -1.12. The van der Waals surface area contributed by atoms with Gasteiger partial charge in [-0.1, -0.05) is 6.92 Å². The monoisotopic (exact) mass is 304 g/mol. The van der Waals surface area contributed by atoms with E-state index in [1.54, 1.807) is 0 Å². The van der Waals surface area contributed by atoms with Crippen LogP contribution in [0.2, 0.25) is 0 Å². The van der Waals surface area contributed by atoms with Crippen LogP contribution in [0.4, 0.5) is 0 Å². The van der Waals surface area contributed by atoms with Crippen molar-refractivity contribution >= 4 is 6.29 Å². The van der Waals surface area contributed by atoms with Crippen LogP contribution in [0.25, 0.3) is 0 Å². The van der Waals surface area contributed by atoms with Gasteiger partial charge in [-0.2, -0.15) is 0 Å². The zero-order chi connectivity index (χ0) is 16.1. The van der Waals surface area contributed by atoms with E-state index >= 15 is 0 Å². The average molecular weight is 304 g/mol. The Morgan fingerprint density at radius 1 is 1.29 bits per heavy atom. The van der Waals surface area contributed by atoms with E-state index < -0.39 is 17.7 Å². The topological polar surface area (TPSA) is 74.2 Å². The minimum Gasteiger partial charge on any atom is -0.348 e. The highest BCUT2D eigenvalue weighted by Crippen LogP contribution is 2.36. The summed E-state index contributed by atoms with van der Waals surface area (Å²) in [6, 6.07) is 0. The highest BCUT2D eigenvalue weighted by molar-refractivity contribution is 5.53. The third kappa shape index (κ3) is 5.64. The number of rotatable bonds is 8. The van der Waals surface area contributed by atoms with Gasteiger partial charge in [0.1, 0.15) is 6.29 Å². The second-order valence-corrected chi connectivity index (χ2v) is 6.66. The molecule has 0 spiro atoms. The van der Waals surface area contributed by atoms with Gasteiger partial charge in [0.15, 0.2) is 12.1 Å². The van der Waals surface area contributed by atoms with Crippen molar-refractivity contribution in [3.63, 3.8) is 0 Å². The molecule has 6 heteroatoms. The molecular weight excluding hydrogens is 276 g/mol. The van der Waals surface area contributed by atoms with Crippen molar-refractivity contribution in [2.75, 3.05) is 13.2 Å². The highest BCUT2D eigenvalue weighted by Gasteiger charge is 2.42. The van der Waals surface area contributed by atoms with E-state index in [1.807, 2.05) is 34.6 Å². The Morgan fingerprint density at radius 2 is 1.86 bits per heavy atom. The molecule has 1 fully saturated rings. The first kappa shape index (κ1) is 18.5. The molecule has 1 rings (SSSR count). The minimum absolute atomic E-state index is 0.126. The van der Waals surface area contributed by atoms with E-state index in [2.05, 4.69) is 4.89 Å². The minimum atomic E-state index is -0.776. The summed E-state index contributed by atoms with van der Waals surface area (Å²) >= 11 is 0. The van der Waals surface area contributed by atoms with Crippen LogP contribution in [-0.2, 0) is 23.9 Å². The van der Waals surface area contributed by atoms with Crippen molar-refractivity contribution in [3.05, 3.63) is 0 Å². The standard InChI is InChI=1S/C15H28O6/c1-11(10-16)12(15(5)18-8-9-19-15)6-7-13(21-17)20-14(2,3)4/h10-13,17H,6-9H2,1-5H3. The maximum atomic E-state index is 11.2. The van der Waals surface area contributed by atoms with Gasteiger partial charge >= 0.3 is 0 Å². The van der Waals surface area contributed by atoms with Crippen LogP contribution in [0.15, 0.2) is 0 Å². The lowest BCUT2D eigenvalue weighted by Crippen LogP contribution is -2.41. The van der Waals surface area contributed by atoms with Gasteiger partial charge in [-0.05, 0) is 34.1 Å². The van der Waals surface area contributed by atoms with Gasteiger partial charge in [0.25, 0.3) is 0 Å². The predicted octanol–water partition coefficient (Wildman–Crippen LogP) is 2.61. The Kier molecular flexibility index (Phi) is 6.74. The van der Waals surface area contributed by atoms with Crippen molar-refractivity contribution < 1.29 is 29.1 Å². The lowest BCUT2D eigenvalue weighted by molar-refractivity contribution is -0.364. The highest BCUT2D eigenvalue weighted by atomic mass is 17.1. The number of ether oxygens (including phenoxy) is 3. The molecule has 0 aromatic carbocycles. The second-order valence-electron chi connectivity index (χ2n) is 6.66. The summed E-state index contributed by atoms with van der Waals surface area (Å²) in [5.41, 5.74) is -0.427. The number of aldehydes is 1. The molecular formula is C15H28O6. The first-order valence-electron chi connectivity index (χ1n) is 7.43. The largest absolute Gasteiger partial charge is 0.348 e. The molecule has 0 aromatic heterocycles. The Bertz CT molecular complexity index is 319. The van der Waals surface area contributed by atoms with Gasteiger partial charge < -0.3 is 19.0 Å². The van der Waals surface area contributed by atoms with E-state index in [0.717, 1.165) is 6.29 Å². The molecule has 1 heterocycles. The molecule has 0 aliphatic carbocycles. The number of carbonyl (C=O) groups excluding carboxylic acids is 1. The fourth-order valence-corrected chi connectivity index (χ4v) is 2.68. The first-order valence-corrected chi connectivity index (χ1v) is 7.43. The van der Waals surface area contributed by atoms with E-state index in [-0.39, 0.29) is 11.8 Å². The maximum Gasteiger partial charge on any atom is 0.191 e. The summed E-state index contributed by atoms with van der Waals surface area (Å²) in [4.78, 5) is 15.6. The normalized spacial score (nSPS) is 22.8. The molecule has 0 radical (unpaired) electrons. The number of hydrogen-bond acceptors (Lipinski definition) is 6. The summed E-state index contributed by atoms with van der Waals surface area (Å²) in [6.07, 6.45) is 1.19. The van der Waals surface area contributed by atoms with Crippen LogP contribution in [0.3, 0.4) is 0 Å². The molecule has 1 aliphatic heterocycles. The molecule has 1 N–H and O–H groups in total. The maximum absolute atomic E-state index is 11.2. The zero-order valence-electron chi connectivity index (χ0n) is 13.6. The Morgan fingerprint density at radius 3 is 2.29 bits per heavy atom. The molecule has 6 nitrogen and oxygen atoms in total. The van der Waals surface area contributed by atoms with Gasteiger partial charge in [0.2, 0.25) is 0 Å². The molecule has 0 amide bonds. The van der Waals surface area contributed by atoms with Crippen molar-refractivity contribution in [1.82, 2.24) is 0 Å². The van der Waals surface area contributed by atoms with Gasteiger partial charge in [-0.3, -0.25) is 0 Å². The fraction of sp³-hybridized carbons (Fsp3) is 0.933. The Hall–Kier alpha value is -0.530. The molecule has 124 valence electrons. The molecule has 1 saturated heterocycles. The van der Waals surface area contributed by atoms with Crippen LogP contribution in [0, 0.1) is 11.8 Å². The SMILES string of the molecule is CC(C=O)C(CCC(OO)OC(C)(C)C)C1(C)OCCO1. The van der Waals surface area contributed by atoms with Crippen LogP contribution in [0.5, 0.6) is 0 Å². The lowest BCUT2D eigenvalue weighted by atomic mass is 9.84. The quantitative estimate of drug-likeness (QED) is 0.321. The molecule has 21 heavy (non-hydrogen) atoms. The van der Waals surface area contributed by atoms with Crippen LogP contribution in [-0.4, -0.2) is 42.4 Å². The molecule has 0 saturated carbocycles. The molecule has 1 aliphatic rings. The van der Waals surface area contributed by atoms with Crippen LogP contribution in [0.1, 0.15) is 47.5 Å². The molecule has 0 aromatic rings. The average Bonchev–Trinajstić information content (AvgIpc) is 2.83. The molecule has 0 bridgehead atoms. The number of carbonyl (C=O) groups is 1. The van der Waals surface area contributed by atoms with Gasteiger partial charge in [0, 0.05) is 18.3 Å². The number of hydrogen-bond donors (Lipinski definition) is 1. The fourth-order valence-electron chi connectivity index (χ4n) is 2.68. The van der Waals surface area contributed by atoms with Crippen LogP contribution >= 0.6 is 0 Å². The van der Waals surface area contributed by atoms with E-state index in [4.69, 9.17) is 19.5 Å². The van der Waals surface area contributed by atoms with Gasteiger partial charge in [0.05, 0.1) is 18.8 Å². The van der Waals surface area contributed by atoms with Crippen molar-refractivity contribution in [2.45, 2.75) is 65.1 Å². The van der Waals surface area contributed by atoms with E-state index in [9.17, 15) is 4.79 Å². The predicted molar refractivity (Wildman–Crippen MR) is 76.6 cm³/mol. The first-order chi connectivity index (χ1) is 9.72. The third-order valence-corrected chi connectivity index (χ3v) is 3.70. The zero-order valence-corrected chi connectivity index (χ0v) is 13.6. The van der Waals surface area contributed by atoms with Crippen LogP contribution < -0.4 is 0 Å². The summed E-state index contributed by atoms with van der Waals surface area (Å²) in [7, 11) is 0. The van der Waals surface area contributed by atoms with Crippen molar-refractivity contribution in [2.24, 2.45) is 11.8 Å². The van der Waals surface area contributed by atoms with Gasteiger partial charge in [-0.25, -0.2) is 10.1 Å². The van der Waals surface area contributed by atoms with Crippen molar-refractivity contribution in [3.8, 4) is 0 Å². The lowest BCUT2D eigenvalue weighted by Gasteiger charge is -2.35. The van der Waals surface area contributed by atoms with Crippen molar-refractivity contribution in [1.29, 1.82) is 0 Å². The molecule has 3 unspecified atom stereocenters. The molecule has 3 atom stereocenters. The Labute approximate surface area is 126 Å². The summed E-state index contributed by atoms with van der Waals surface area (Å²) < 4.78 is 16.9. The second kappa shape index (κ2) is 7.65. The third-order valence-electron chi connectivity index (χ3n) is 3.70. The van der Waals surface area contributed by atoms with E-state index in [0.29, 0.717) is 26.1 Å².